The van der Waals surface area contributed by atoms with Crippen molar-refractivity contribution in [3.63, 3.8) is 0 Å². The van der Waals surface area contributed by atoms with Crippen molar-refractivity contribution in [1.82, 2.24) is 20.2 Å². The van der Waals surface area contributed by atoms with Crippen molar-refractivity contribution in [3.05, 3.63) is 94.5 Å². The number of hydrogen-bond donors (Lipinski definition) is 5. The number of hydrogen-bond acceptors (Lipinski definition) is 14. The van der Waals surface area contributed by atoms with Gasteiger partial charge in [-0.1, -0.05) is 42.2 Å². The molecule has 2 aromatic heterocycles. The second kappa shape index (κ2) is 13.9. The zero-order chi connectivity index (χ0) is 33.0. The minimum Gasteiger partial charge on any atom is -0.535 e. The summed E-state index contributed by atoms with van der Waals surface area (Å²) in [4.78, 5) is 43.2. The summed E-state index contributed by atoms with van der Waals surface area (Å²) in [6.07, 6.45) is 5.10. The first-order valence-corrected chi connectivity index (χ1v) is 14.8. The monoisotopic (exact) mass is 643 g/mol. The fourth-order valence-corrected chi connectivity index (χ4v) is 5.74. The maximum Gasteiger partial charge on any atom is 0.526 e. The lowest BCUT2D eigenvalue weighted by molar-refractivity contribution is 0.0693. The first-order valence-electron chi connectivity index (χ1n) is 14.0. The Bertz CT molecular complexity index is 1790. The molecule has 14 nitrogen and oxygen atoms in total. The number of para-hydroxylation sites is 2. The Morgan fingerprint density at radius 3 is 1.93 bits per heavy atom. The van der Waals surface area contributed by atoms with Crippen molar-refractivity contribution in [2.24, 2.45) is 0 Å². The Balaban J connectivity index is 0.000000181. The van der Waals surface area contributed by atoms with E-state index in [1.807, 2.05) is 6.07 Å². The van der Waals surface area contributed by atoms with Gasteiger partial charge in [0.1, 0.15) is 23.6 Å². The molecule has 0 radical (unpaired) electrons. The van der Waals surface area contributed by atoms with Gasteiger partial charge in [0.25, 0.3) is 0 Å². The van der Waals surface area contributed by atoms with E-state index in [0.29, 0.717) is 35.3 Å². The summed E-state index contributed by atoms with van der Waals surface area (Å²) >= 11 is 1.02. The predicted molar refractivity (Wildman–Crippen MR) is 168 cm³/mol. The van der Waals surface area contributed by atoms with Gasteiger partial charge >= 0.3 is 20.2 Å². The molecule has 2 aliphatic rings. The number of Topliss-reactive ketones (excluding diaryl/α,β-unsaturated/α-hetero) is 2. The van der Waals surface area contributed by atoms with Crippen molar-refractivity contribution in [1.29, 1.82) is 0 Å². The molecule has 2 atom stereocenters. The Labute approximate surface area is 266 Å². The number of aromatic carboxylic acids is 1. The van der Waals surface area contributed by atoms with Crippen LogP contribution in [0.4, 0.5) is 5.13 Å². The molecule has 2 aliphatic heterocycles. The van der Waals surface area contributed by atoms with Gasteiger partial charge in [0, 0.05) is 36.9 Å². The highest BCUT2D eigenvalue weighted by Crippen LogP contribution is 2.39. The van der Waals surface area contributed by atoms with E-state index in [4.69, 9.17) is 20.1 Å². The zero-order valence-corrected chi connectivity index (χ0v) is 25.0. The second-order valence-corrected chi connectivity index (χ2v) is 11.6. The summed E-state index contributed by atoms with van der Waals surface area (Å²) < 4.78 is 10.9. The molecule has 0 aliphatic carbocycles. The largest absolute Gasteiger partial charge is 0.535 e. The molecular formula is C29H27B2N5O9S. The number of carbonyl (C=O) groups is 3. The van der Waals surface area contributed by atoms with E-state index in [-0.39, 0.29) is 51.6 Å². The molecule has 0 bridgehead atoms. The number of nitrogen functional groups attached to an aromatic ring is 1. The number of benzene rings is 2. The number of carbonyl (C=O) groups excluding carboxylic acids is 2. The van der Waals surface area contributed by atoms with Crippen LogP contribution < -0.4 is 15.0 Å². The van der Waals surface area contributed by atoms with Crippen LogP contribution in [0.1, 0.15) is 60.1 Å². The summed E-state index contributed by atoms with van der Waals surface area (Å²) in [5.41, 5.74) is 7.74. The number of ketones is 2. The van der Waals surface area contributed by atoms with E-state index in [2.05, 4.69) is 26.7 Å². The molecule has 234 valence electrons. The fourth-order valence-electron chi connectivity index (χ4n) is 5.18. The highest BCUT2D eigenvalue weighted by molar-refractivity contribution is 7.16. The standard InChI is InChI=1S/C15H13BN2O5.C14H14BN3O4S/c19-13(10-6-17-8-18-7-10)5-11-4-9-2-1-3-12(15(20)21)14(9)23-16(11)22;1-7(19)10-4-2-3-8-5-9(15(21)22-12(8)10)6-11(20)13-17-18-14(16)23-13/h1-3,6-8,11,22H,4-5H2,(H,20,21);2-4,9,19,21H,1,5-6H2,(H2,16,18)/t11-;9-/m11/s1. The van der Waals surface area contributed by atoms with Crippen LogP contribution in [0.25, 0.3) is 5.76 Å². The molecular weight excluding hydrogens is 616 g/mol. The highest BCUT2D eigenvalue weighted by Gasteiger charge is 2.39. The van der Waals surface area contributed by atoms with Crippen molar-refractivity contribution >= 4 is 54.0 Å². The summed E-state index contributed by atoms with van der Waals surface area (Å²) in [6.45, 7) is 3.48. The number of carboxylic acids is 1. The van der Waals surface area contributed by atoms with Crippen molar-refractivity contribution < 1.29 is 44.0 Å². The van der Waals surface area contributed by atoms with Gasteiger partial charge < -0.3 is 35.3 Å². The number of nitrogens with zero attached hydrogens (tertiary/aromatic N) is 4. The number of fused-ring (bicyclic) bond motifs is 2. The molecule has 0 saturated heterocycles. The lowest BCUT2D eigenvalue weighted by Crippen LogP contribution is -2.35. The molecule has 0 fully saturated rings. The van der Waals surface area contributed by atoms with Crippen LogP contribution in [0.5, 0.6) is 11.5 Å². The Kier molecular flexibility index (Phi) is 9.75. The minimum absolute atomic E-state index is 0.00258. The van der Waals surface area contributed by atoms with Crippen LogP contribution >= 0.6 is 11.3 Å². The Hall–Kier alpha value is -5.12. The molecule has 4 heterocycles. The molecule has 0 spiro atoms. The third-order valence-electron chi connectivity index (χ3n) is 7.44. The number of rotatable bonds is 8. The fraction of sp³-hybridized carbons (Fsp3) is 0.207. The minimum atomic E-state index is -1.24. The third kappa shape index (κ3) is 7.22. The molecule has 2 aromatic carbocycles. The van der Waals surface area contributed by atoms with Crippen LogP contribution in [0, 0.1) is 0 Å². The van der Waals surface area contributed by atoms with Gasteiger partial charge in [-0.15, -0.1) is 10.2 Å². The summed E-state index contributed by atoms with van der Waals surface area (Å²) in [5.74, 6) is -2.00. The van der Waals surface area contributed by atoms with Gasteiger partial charge in [0.2, 0.25) is 5.13 Å². The van der Waals surface area contributed by atoms with Crippen LogP contribution in [-0.4, -0.2) is 72.2 Å². The van der Waals surface area contributed by atoms with Crippen molar-refractivity contribution in [2.45, 2.75) is 37.3 Å². The SMILES string of the molecule is C=C(O)c1cccc2c1OB(O)[C@@H](CC(=O)c1nnc(N)s1)C2.O=C(C[C@H]1Cc2cccc(C(=O)O)c2OB1O)c1cncnc1. The molecule has 4 aromatic rings. The van der Waals surface area contributed by atoms with Gasteiger partial charge in [-0.2, -0.15) is 0 Å². The number of anilines is 1. The smallest absolute Gasteiger partial charge is 0.526 e. The van der Waals surface area contributed by atoms with Crippen molar-refractivity contribution in [3.8, 4) is 11.5 Å². The van der Waals surface area contributed by atoms with E-state index in [0.717, 1.165) is 16.9 Å². The predicted octanol–water partition coefficient (Wildman–Crippen LogP) is 2.94. The van der Waals surface area contributed by atoms with Crippen molar-refractivity contribution in [2.75, 3.05) is 5.73 Å². The van der Waals surface area contributed by atoms with Gasteiger partial charge in [0.05, 0.1) is 16.7 Å². The quantitative estimate of drug-likeness (QED) is 0.106. The van der Waals surface area contributed by atoms with E-state index < -0.39 is 31.8 Å². The maximum atomic E-state index is 12.2. The number of aliphatic hydroxyl groups is 1. The molecule has 46 heavy (non-hydrogen) atoms. The molecule has 0 unspecified atom stereocenters. The van der Waals surface area contributed by atoms with Crippen LogP contribution in [0.2, 0.25) is 11.6 Å². The van der Waals surface area contributed by atoms with E-state index in [1.54, 1.807) is 24.3 Å². The average molecular weight is 643 g/mol. The lowest BCUT2D eigenvalue weighted by atomic mass is 9.64. The van der Waals surface area contributed by atoms with Gasteiger partial charge in [-0.25, -0.2) is 14.8 Å². The number of aromatic nitrogens is 4. The number of nitrogens with two attached hydrogens (primary N) is 1. The summed E-state index contributed by atoms with van der Waals surface area (Å²) in [6, 6.07) is 10.0. The van der Waals surface area contributed by atoms with Crippen LogP contribution in [-0.2, 0) is 12.8 Å². The third-order valence-corrected chi connectivity index (χ3v) is 8.23. The maximum absolute atomic E-state index is 12.2. The normalized spacial score (nSPS) is 16.5. The first kappa shape index (κ1) is 32.3. The molecule has 6 rings (SSSR count). The summed E-state index contributed by atoms with van der Waals surface area (Å²) in [7, 11) is -2.39. The summed E-state index contributed by atoms with van der Waals surface area (Å²) in [5, 5.41) is 46.8. The number of carboxylic acid groups (broad SMARTS) is 1. The van der Waals surface area contributed by atoms with Gasteiger partial charge in [-0.05, 0) is 36.1 Å². The van der Waals surface area contributed by atoms with E-state index in [9.17, 15) is 29.5 Å². The van der Waals surface area contributed by atoms with E-state index in [1.165, 1.54) is 24.8 Å². The first-order chi connectivity index (χ1) is 22.0. The Morgan fingerprint density at radius 2 is 1.41 bits per heavy atom. The van der Waals surface area contributed by atoms with Crippen LogP contribution in [0.3, 0.4) is 0 Å². The highest BCUT2D eigenvalue weighted by atomic mass is 32.1. The average Bonchev–Trinajstić information content (AvgIpc) is 3.48. The molecule has 17 heteroatoms. The topological polar surface area (TPSA) is 228 Å². The van der Waals surface area contributed by atoms with Crippen LogP contribution in [0.15, 0.2) is 61.7 Å². The molecule has 0 amide bonds. The Morgan fingerprint density at radius 1 is 0.870 bits per heavy atom. The van der Waals surface area contributed by atoms with Gasteiger partial charge in [-0.3, -0.25) is 9.59 Å². The molecule has 6 N–H and O–H groups in total. The second-order valence-electron chi connectivity index (χ2n) is 10.6. The van der Waals surface area contributed by atoms with E-state index >= 15 is 0 Å². The van der Waals surface area contributed by atoms with Gasteiger partial charge in [0.15, 0.2) is 16.6 Å². The zero-order valence-electron chi connectivity index (χ0n) is 24.1. The number of aliphatic hydroxyl groups excluding tert-OH is 1. The lowest BCUT2D eigenvalue weighted by Gasteiger charge is -2.28. The molecule has 0 saturated carbocycles.